The molecule has 0 bridgehead atoms. The molecule has 17 heavy (non-hydrogen) atoms. The smallest absolute Gasteiger partial charge is 0.210 e. The fourth-order valence-electron chi connectivity index (χ4n) is 2.12. The van der Waals surface area contributed by atoms with Gasteiger partial charge in [-0.05, 0) is 0 Å². The molecule has 0 atom stereocenters. The number of carbonyl (C=O) groups excluding carboxylic acids is 2. The molecular weight excluding hydrogens is 221 g/mol. The predicted molar refractivity (Wildman–Crippen MR) is 59.1 cm³/mol. The van der Waals surface area contributed by atoms with Crippen molar-refractivity contribution in [3.05, 3.63) is 58.7 Å². The fourth-order valence-corrected chi connectivity index (χ4v) is 2.12. The Morgan fingerprint density at radius 3 is 2.41 bits per heavy atom. The van der Waals surface area contributed by atoms with E-state index >= 15 is 0 Å². The van der Waals surface area contributed by atoms with Gasteiger partial charge in [0.15, 0.2) is 5.78 Å². The van der Waals surface area contributed by atoms with E-state index in [-0.39, 0.29) is 29.3 Å². The van der Waals surface area contributed by atoms with Crippen LogP contribution in [0.15, 0.2) is 47.6 Å². The van der Waals surface area contributed by atoms with E-state index in [1.165, 1.54) is 0 Å². The third-order valence-corrected chi connectivity index (χ3v) is 2.94. The van der Waals surface area contributed by atoms with Crippen LogP contribution in [-0.4, -0.2) is 11.6 Å². The first-order chi connectivity index (χ1) is 8.18. The topological polar surface area (TPSA) is 46.2 Å². The molecule has 1 N–H and O–H groups in total. The Labute approximate surface area is 96.6 Å². The van der Waals surface area contributed by atoms with E-state index in [0.29, 0.717) is 11.1 Å². The van der Waals surface area contributed by atoms with Gasteiger partial charge in [0.25, 0.3) is 0 Å². The molecule has 0 fully saturated rings. The second-order valence-electron chi connectivity index (χ2n) is 3.97. The summed E-state index contributed by atoms with van der Waals surface area (Å²) in [7, 11) is 0. The van der Waals surface area contributed by atoms with E-state index in [2.05, 4.69) is 5.32 Å². The van der Waals surface area contributed by atoms with Gasteiger partial charge in [0, 0.05) is 29.3 Å². The second kappa shape index (κ2) is 3.38. The van der Waals surface area contributed by atoms with E-state index < -0.39 is 5.83 Å². The maximum atomic E-state index is 13.1. The van der Waals surface area contributed by atoms with Crippen molar-refractivity contribution >= 4 is 11.6 Å². The Morgan fingerprint density at radius 1 is 1.06 bits per heavy atom. The largest absolute Gasteiger partial charge is 0.356 e. The molecule has 0 amide bonds. The molecule has 0 saturated carbocycles. The molecule has 0 aromatic heterocycles. The molecule has 0 spiro atoms. The zero-order chi connectivity index (χ0) is 12.0. The summed E-state index contributed by atoms with van der Waals surface area (Å²) in [6.45, 7) is 0. The monoisotopic (exact) mass is 229 g/mol. The number of carbonyl (C=O) groups is 2. The second-order valence-corrected chi connectivity index (χ2v) is 3.97. The van der Waals surface area contributed by atoms with E-state index in [9.17, 15) is 14.0 Å². The summed E-state index contributed by atoms with van der Waals surface area (Å²) < 4.78 is 13.1. The number of nitrogens with one attached hydrogen (secondary N) is 1. The summed E-state index contributed by atoms with van der Waals surface area (Å²) in [6.07, 6.45) is 1.01. The number of halogens is 1. The van der Waals surface area contributed by atoms with Gasteiger partial charge < -0.3 is 5.32 Å². The van der Waals surface area contributed by atoms with Crippen LogP contribution in [0.4, 0.5) is 4.39 Å². The van der Waals surface area contributed by atoms with Gasteiger partial charge in [-0.25, -0.2) is 4.39 Å². The molecular formula is C13H8FNO2. The number of allylic oxidation sites excluding steroid dienone is 3. The molecule has 3 rings (SSSR count). The Balaban J connectivity index is 2.18. The van der Waals surface area contributed by atoms with Crippen molar-refractivity contribution in [2.45, 2.75) is 6.42 Å². The summed E-state index contributed by atoms with van der Waals surface area (Å²) in [5.74, 6) is -0.964. The van der Waals surface area contributed by atoms with Crippen molar-refractivity contribution in [3.63, 3.8) is 0 Å². The maximum Gasteiger partial charge on any atom is 0.210 e. The normalized spacial score (nSPS) is 18.3. The van der Waals surface area contributed by atoms with Crippen molar-refractivity contribution in [3.8, 4) is 0 Å². The van der Waals surface area contributed by atoms with E-state index in [1.807, 2.05) is 0 Å². The first-order valence-corrected chi connectivity index (χ1v) is 5.21. The van der Waals surface area contributed by atoms with Crippen LogP contribution in [0.1, 0.15) is 27.1 Å². The molecule has 1 aromatic carbocycles. The van der Waals surface area contributed by atoms with E-state index in [1.54, 1.807) is 24.3 Å². The Morgan fingerprint density at radius 2 is 1.71 bits per heavy atom. The molecule has 84 valence electrons. The van der Waals surface area contributed by atoms with Gasteiger partial charge in [-0.1, -0.05) is 24.3 Å². The van der Waals surface area contributed by atoms with Crippen molar-refractivity contribution in [2.75, 3.05) is 0 Å². The molecule has 4 heteroatoms. The van der Waals surface area contributed by atoms with E-state index in [4.69, 9.17) is 0 Å². The van der Waals surface area contributed by atoms with Crippen molar-refractivity contribution in [2.24, 2.45) is 0 Å². The quantitative estimate of drug-likeness (QED) is 0.741. The summed E-state index contributed by atoms with van der Waals surface area (Å²) in [4.78, 5) is 24.2. The number of benzene rings is 1. The molecule has 1 heterocycles. The zero-order valence-electron chi connectivity index (χ0n) is 8.79. The summed E-state index contributed by atoms with van der Waals surface area (Å²) in [6, 6.07) is 6.60. The lowest BCUT2D eigenvalue weighted by atomic mass is 9.85. The first kappa shape index (κ1) is 9.96. The highest BCUT2D eigenvalue weighted by atomic mass is 19.1. The molecule has 1 aliphatic heterocycles. The molecule has 2 aliphatic rings. The molecule has 0 radical (unpaired) electrons. The number of ketones is 2. The lowest BCUT2D eigenvalue weighted by Gasteiger charge is -2.23. The highest BCUT2D eigenvalue weighted by Gasteiger charge is 2.33. The number of fused-ring (bicyclic) bond motifs is 1. The molecule has 0 unspecified atom stereocenters. The minimum absolute atomic E-state index is 0.110. The van der Waals surface area contributed by atoms with Gasteiger partial charge in [-0.15, -0.1) is 0 Å². The van der Waals surface area contributed by atoms with Crippen LogP contribution in [0.25, 0.3) is 0 Å². The van der Waals surface area contributed by atoms with Crippen LogP contribution in [-0.2, 0) is 0 Å². The SMILES string of the molecule is O=C1C2=C(NC=C(F)C2)C(=O)c2ccccc21. The van der Waals surface area contributed by atoms with Crippen molar-refractivity contribution in [1.82, 2.24) is 5.32 Å². The van der Waals surface area contributed by atoms with Crippen LogP contribution in [0.3, 0.4) is 0 Å². The summed E-state index contributed by atoms with van der Waals surface area (Å²) >= 11 is 0. The third kappa shape index (κ3) is 1.34. The summed E-state index contributed by atoms with van der Waals surface area (Å²) in [5, 5.41) is 2.56. The van der Waals surface area contributed by atoms with E-state index in [0.717, 1.165) is 6.20 Å². The average molecular weight is 229 g/mol. The van der Waals surface area contributed by atoms with Crippen LogP contribution < -0.4 is 5.32 Å². The average Bonchev–Trinajstić information content (AvgIpc) is 2.36. The van der Waals surface area contributed by atoms with Gasteiger partial charge in [0.2, 0.25) is 5.78 Å². The lowest BCUT2D eigenvalue weighted by molar-refractivity contribution is 0.0966. The standard InChI is InChI=1S/C13H8FNO2/c14-7-5-10-11(15-6-7)13(17)9-4-2-1-3-8(9)12(10)16/h1-4,6,15H,5H2. The minimum Gasteiger partial charge on any atom is -0.356 e. The van der Waals surface area contributed by atoms with Crippen LogP contribution in [0.5, 0.6) is 0 Å². The van der Waals surface area contributed by atoms with Gasteiger partial charge >= 0.3 is 0 Å². The Hall–Kier alpha value is -2.23. The van der Waals surface area contributed by atoms with Crippen molar-refractivity contribution in [1.29, 1.82) is 0 Å². The lowest BCUT2D eigenvalue weighted by Crippen LogP contribution is -2.30. The predicted octanol–water partition coefficient (Wildman–Crippen LogP) is 2.12. The highest BCUT2D eigenvalue weighted by molar-refractivity contribution is 6.27. The number of rotatable bonds is 0. The molecule has 1 aliphatic carbocycles. The minimum atomic E-state index is -0.440. The Kier molecular flexibility index (Phi) is 1.98. The molecule has 1 aromatic rings. The van der Waals surface area contributed by atoms with Crippen LogP contribution >= 0.6 is 0 Å². The summed E-state index contributed by atoms with van der Waals surface area (Å²) in [5.41, 5.74) is 1.15. The van der Waals surface area contributed by atoms with Gasteiger partial charge in [0.05, 0.1) is 5.70 Å². The first-order valence-electron chi connectivity index (χ1n) is 5.21. The zero-order valence-corrected chi connectivity index (χ0v) is 8.79. The maximum absolute atomic E-state index is 13.1. The van der Waals surface area contributed by atoms with Crippen LogP contribution in [0, 0.1) is 0 Å². The number of hydrogen-bond acceptors (Lipinski definition) is 3. The molecule has 0 saturated heterocycles. The fraction of sp³-hybridized carbons (Fsp3) is 0.0769. The van der Waals surface area contributed by atoms with Gasteiger partial charge in [0.1, 0.15) is 5.83 Å². The van der Waals surface area contributed by atoms with Crippen LogP contribution in [0.2, 0.25) is 0 Å². The van der Waals surface area contributed by atoms with Crippen molar-refractivity contribution < 1.29 is 14.0 Å². The third-order valence-electron chi connectivity index (χ3n) is 2.94. The number of hydrogen-bond donors (Lipinski definition) is 1. The highest BCUT2D eigenvalue weighted by Crippen LogP contribution is 2.31. The van der Waals surface area contributed by atoms with Gasteiger partial charge in [-0.2, -0.15) is 0 Å². The number of dihydropyridines is 1. The van der Waals surface area contributed by atoms with Gasteiger partial charge in [-0.3, -0.25) is 9.59 Å². The Bertz CT molecular complexity index is 614. The number of Topliss-reactive ketones (excluding diaryl/α,β-unsaturated/α-hetero) is 2. The molecule has 3 nitrogen and oxygen atoms in total.